The van der Waals surface area contributed by atoms with Crippen LogP contribution in [0.3, 0.4) is 0 Å². The molecule has 0 atom stereocenters. The minimum Gasteiger partial charge on any atom is -0.426 e. The predicted molar refractivity (Wildman–Crippen MR) is 93.5 cm³/mol. The summed E-state index contributed by atoms with van der Waals surface area (Å²) in [5.41, 5.74) is 0.953. The number of nitrogens with zero attached hydrogens (tertiary/aromatic N) is 2. The van der Waals surface area contributed by atoms with Gasteiger partial charge in [-0.25, -0.2) is 4.98 Å². The number of hydrogen-bond donors (Lipinski definition) is 1. The van der Waals surface area contributed by atoms with Gasteiger partial charge >= 0.3 is 0 Å². The van der Waals surface area contributed by atoms with Gasteiger partial charge in [-0.05, 0) is 24.1 Å². The molecule has 0 bridgehead atoms. The lowest BCUT2D eigenvalue weighted by molar-refractivity contribution is 0.0917. The van der Waals surface area contributed by atoms with Crippen molar-refractivity contribution in [2.45, 2.75) is 26.9 Å². The summed E-state index contributed by atoms with van der Waals surface area (Å²) < 4.78 is 13.1. The van der Waals surface area contributed by atoms with E-state index in [2.05, 4.69) is 24.1 Å². The minimum absolute atomic E-state index is 0.209. The van der Waals surface area contributed by atoms with Crippen molar-refractivity contribution in [2.24, 2.45) is 5.92 Å². The maximum atomic E-state index is 12.2. The quantitative estimate of drug-likeness (QED) is 0.710. The zero-order valence-corrected chi connectivity index (χ0v) is 14.3. The Labute approximate surface area is 146 Å². The van der Waals surface area contributed by atoms with Crippen LogP contribution in [0.25, 0.3) is 0 Å². The van der Waals surface area contributed by atoms with Crippen LogP contribution in [-0.4, -0.2) is 15.5 Å². The number of amides is 1. The smallest absolute Gasteiger partial charge is 0.290 e. The summed E-state index contributed by atoms with van der Waals surface area (Å²) in [6.07, 6.45) is 3.54. The third-order valence-corrected chi connectivity index (χ3v) is 3.56. The number of nitrogens with one attached hydrogen (secondary N) is 1. The number of aromatic nitrogens is 2. The fraction of sp³-hybridized carbons (Fsp3) is 0.263. The van der Waals surface area contributed by atoms with Crippen LogP contribution in [0.2, 0.25) is 0 Å². The average Bonchev–Trinajstić information content (AvgIpc) is 3.23. The summed E-state index contributed by atoms with van der Waals surface area (Å²) in [4.78, 5) is 16.4. The van der Waals surface area contributed by atoms with Gasteiger partial charge in [0, 0.05) is 18.8 Å². The van der Waals surface area contributed by atoms with E-state index in [0.717, 1.165) is 12.2 Å². The Hall–Kier alpha value is -3.02. The number of hydrogen-bond acceptors (Lipinski definition) is 4. The molecule has 0 unspecified atom stereocenters. The first kappa shape index (κ1) is 16.8. The largest absolute Gasteiger partial charge is 0.426 e. The molecular formula is C19H21N3O3. The summed E-state index contributed by atoms with van der Waals surface area (Å²) >= 11 is 0. The van der Waals surface area contributed by atoms with E-state index >= 15 is 0 Å². The SMILES string of the molecule is CC(C)Cn1cncc1CNC(=O)c1ccc(Oc2ccccc2)o1. The van der Waals surface area contributed by atoms with Crippen LogP contribution in [0, 0.1) is 5.92 Å². The molecule has 0 fully saturated rings. The van der Waals surface area contributed by atoms with Gasteiger partial charge in [-0.1, -0.05) is 32.0 Å². The van der Waals surface area contributed by atoms with E-state index in [1.54, 1.807) is 24.7 Å². The number of para-hydroxylation sites is 1. The second kappa shape index (κ2) is 7.70. The molecule has 1 aromatic carbocycles. The number of imidazole rings is 1. The first-order valence-corrected chi connectivity index (χ1v) is 8.22. The lowest BCUT2D eigenvalue weighted by atomic mass is 10.2. The van der Waals surface area contributed by atoms with Gasteiger partial charge < -0.3 is 19.0 Å². The van der Waals surface area contributed by atoms with E-state index in [1.165, 1.54) is 0 Å². The Morgan fingerprint density at radius 2 is 2.04 bits per heavy atom. The monoisotopic (exact) mass is 339 g/mol. The zero-order chi connectivity index (χ0) is 17.6. The summed E-state index contributed by atoms with van der Waals surface area (Å²) in [6.45, 7) is 5.53. The Kier molecular flexibility index (Phi) is 5.18. The number of benzene rings is 1. The van der Waals surface area contributed by atoms with Crippen LogP contribution >= 0.6 is 0 Å². The minimum atomic E-state index is -0.291. The molecule has 0 aliphatic heterocycles. The molecule has 6 heteroatoms. The van der Waals surface area contributed by atoms with Crippen LogP contribution in [0.1, 0.15) is 30.1 Å². The summed E-state index contributed by atoms with van der Waals surface area (Å²) in [6, 6.07) is 12.5. The molecular weight excluding hydrogens is 318 g/mol. The molecule has 0 aliphatic carbocycles. The first-order valence-electron chi connectivity index (χ1n) is 8.22. The van der Waals surface area contributed by atoms with Gasteiger partial charge in [0.1, 0.15) is 5.75 Å². The number of furan rings is 1. The third-order valence-electron chi connectivity index (χ3n) is 3.56. The van der Waals surface area contributed by atoms with E-state index in [1.807, 2.05) is 34.9 Å². The van der Waals surface area contributed by atoms with E-state index in [4.69, 9.17) is 9.15 Å². The molecule has 3 aromatic rings. The molecule has 1 N–H and O–H groups in total. The number of rotatable bonds is 7. The topological polar surface area (TPSA) is 69.3 Å². The molecule has 1 amide bonds. The van der Waals surface area contributed by atoms with Gasteiger partial charge in [-0.2, -0.15) is 0 Å². The molecule has 6 nitrogen and oxygen atoms in total. The molecule has 0 saturated heterocycles. The molecule has 3 rings (SSSR count). The van der Waals surface area contributed by atoms with Crippen LogP contribution in [0.4, 0.5) is 0 Å². The lowest BCUT2D eigenvalue weighted by Crippen LogP contribution is -2.24. The van der Waals surface area contributed by atoms with E-state index in [-0.39, 0.29) is 17.6 Å². The number of ether oxygens (including phenoxy) is 1. The van der Waals surface area contributed by atoms with Crippen molar-refractivity contribution in [3.05, 3.63) is 66.4 Å². The van der Waals surface area contributed by atoms with Crippen molar-refractivity contribution in [3.63, 3.8) is 0 Å². The van der Waals surface area contributed by atoms with Crippen LogP contribution in [0.5, 0.6) is 11.7 Å². The van der Waals surface area contributed by atoms with Gasteiger partial charge in [0.15, 0.2) is 5.76 Å². The molecule has 130 valence electrons. The molecule has 0 aliphatic rings. The van der Waals surface area contributed by atoms with Crippen LogP contribution in [0.15, 0.2) is 59.4 Å². The van der Waals surface area contributed by atoms with Gasteiger partial charge in [-0.3, -0.25) is 4.79 Å². The third kappa shape index (κ3) is 4.50. The Morgan fingerprint density at radius 1 is 1.24 bits per heavy atom. The molecule has 2 aromatic heterocycles. The molecule has 25 heavy (non-hydrogen) atoms. The molecule has 2 heterocycles. The average molecular weight is 339 g/mol. The maximum Gasteiger partial charge on any atom is 0.290 e. The van der Waals surface area contributed by atoms with Crippen molar-refractivity contribution in [2.75, 3.05) is 0 Å². The predicted octanol–water partition coefficient (Wildman–Crippen LogP) is 3.85. The van der Waals surface area contributed by atoms with Crippen molar-refractivity contribution in [3.8, 4) is 11.7 Å². The maximum absolute atomic E-state index is 12.2. The number of carbonyl (C=O) groups is 1. The van der Waals surface area contributed by atoms with E-state index in [0.29, 0.717) is 18.2 Å². The highest BCUT2D eigenvalue weighted by Crippen LogP contribution is 2.23. The highest BCUT2D eigenvalue weighted by molar-refractivity contribution is 5.91. The van der Waals surface area contributed by atoms with Gasteiger partial charge in [0.05, 0.1) is 18.6 Å². The fourth-order valence-corrected chi connectivity index (χ4v) is 2.41. The molecule has 0 saturated carbocycles. The Morgan fingerprint density at radius 3 is 2.80 bits per heavy atom. The second-order valence-electron chi connectivity index (χ2n) is 6.15. The Balaban J connectivity index is 1.58. The summed E-state index contributed by atoms with van der Waals surface area (Å²) in [7, 11) is 0. The first-order chi connectivity index (χ1) is 12.1. The van der Waals surface area contributed by atoms with Crippen molar-refractivity contribution < 1.29 is 13.9 Å². The molecule has 0 radical (unpaired) electrons. The van der Waals surface area contributed by atoms with E-state index in [9.17, 15) is 4.79 Å². The molecule has 0 spiro atoms. The summed E-state index contributed by atoms with van der Waals surface area (Å²) in [5, 5.41) is 2.84. The lowest BCUT2D eigenvalue weighted by Gasteiger charge is -2.10. The van der Waals surface area contributed by atoms with Crippen LogP contribution < -0.4 is 10.1 Å². The standard InChI is InChI=1S/C19H21N3O3/c1-14(2)12-22-13-20-10-15(22)11-21-19(23)17-8-9-18(25-17)24-16-6-4-3-5-7-16/h3-10,13-14H,11-12H2,1-2H3,(H,21,23). The highest BCUT2D eigenvalue weighted by Gasteiger charge is 2.13. The van der Waals surface area contributed by atoms with Gasteiger partial charge in [0.25, 0.3) is 11.9 Å². The second-order valence-corrected chi connectivity index (χ2v) is 6.15. The van der Waals surface area contributed by atoms with Crippen LogP contribution in [-0.2, 0) is 13.1 Å². The highest BCUT2D eigenvalue weighted by atomic mass is 16.6. The zero-order valence-electron chi connectivity index (χ0n) is 14.3. The van der Waals surface area contributed by atoms with Crippen molar-refractivity contribution in [1.29, 1.82) is 0 Å². The fourth-order valence-electron chi connectivity index (χ4n) is 2.41. The van der Waals surface area contributed by atoms with Crippen molar-refractivity contribution >= 4 is 5.91 Å². The number of carbonyl (C=O) groups excluding carboxylic acids is 1. The Bertz CT molecular complexity index is 821. The van der Waals surface area contributed by atoms with Gasteiger partial charge in [-0.15, -0.1) is 0 Å². The van der Waals surface area contributed by atoms with Crippen molar-refractivity contribution in [1.82, 2.24) is 14.9 Å². The van der Waals surface area contributed by atoms with Gasteiger partial charge in [0.2, 0.25) is 0 Å². The summed E-state index contributed by atoms with van der Waals surface area (Å²) in [5.74, 6) is 1.36. The van der Waals surface area contributed by atoms with E-state index < -0.39 is 0 Å². The normalized spacial score (nSPS) is 10.8.